The Balaban J connectivity index is 2.34. The van der Waals surface area contributed by atoms with Gasteiger partial charge in [-0.15, -0.1) is 11.8 Å². The van der Waals surface area contributed by atoms with Crippen LogP contribution in [0.3, 0.4) is 0 Å². The van der Waals surface area contributed by atoms with Crippen molar-refractivity contribution in [3.63, 3.8) is 0 Å². The average molecular weight is 509 g/mol. The van der Waals surface area contributed by atoms with Crippen molar-refractivity contribution in [2.75, 3.05) is 26.3 Å². The minimum atomic E-state index is -4.91. The molecule has 0 radical (unpaired) electrons. The van der Waals surface area contributed by atoms with E-state index >= 15 is 0 Å². The highest BCUT2D eigenvalue weighted by atomic mass is 35.5. The molecule has 3 aromatic rings. The van der Waals surface area contributed by atoms with Crippen molar-refractivity contribution in [2.24, 2.45) is 0 Å². The predicted octanol–water partition coefficient (Wildman–Crippen LogP) is 3.77. The van der Waals surface area contributed by atoms with Gasteiger partial charge in [-0.25, -0.2) is 9.18 Å². The lowest BCUT2D eigenvalue weighted by Gasteiger charge is -2.21. The Labute approximate surface area is 192 Å². The number of rotatable bonds is 8. The highest BCUT2D eigenvalue weighted by molar-refractivity contribution is 7.99. The van der Waals surface area contributed by atoms with E-state index in [1.807, 2.05) is 4.98 Å². The molecule has 13 heteroatoms. The fraction of sp³-hybridized carbons (Fsp3) is 0.300. The summed E-state index contributed by atoms with van der Waals surface area (Å²) in [5.74, 6) is -0.894. The molecule has 0 saturated carbocycles. The van der Waals surface area contributed by atoms with Crippen LogP contribution in [0.1, 0.15) is 5.56 Å². The number of H-pyrrole nitrogens is 2. The van der Waals surface area contributed by atoms with Gasteiger partial charge in [0, 0.05) is 23.3 Å². The Morgan fingerprint density at radius 2 is 1.94 bits per heavy atom. The molecular formula is C20H17ClF4N2O5S. The van der Waals surface area contributed by atoms with E-state index in [4.69, 9.17) is 21.1 Å². The van der Waals surface area contributed by atoms with Crippen LogP contribution in [0.5, 0.6) is 0 Å². The summed E-state index contributed by atoms with van der Waals surface area (Å²) in [4.78, 5) is 28.4. The number of benzene rings is 2. The first kappa shape index (κ1) is 25.2. The molecule has 0 spiro atoms. The summed E-state index contributed by atoms with van der Waals surface area (Å²) >= 11 is 6.63. The van der Waals surface area contributed by atoms with Crippen LogP contribution in [-0.4, -0.2) is 47.4 Å². The van der Waals surface area contributed by atoms with Crippen LogP contribution in [0.4, 0.5) is 17.6 Å². The van der Waals surface area contributed by atoms with Gasteiger partial charge in [0.05, 0.1) is 34.2 Å². The van der Waals surface area contributed by atoms with Gasteiger partial charge in [-0.05, 0) is 23.8 Å². The van der Waals surface area contributed by atoms with Crippen molar-refractivity contribution in [1.82, 2.24) is 9.97 Å². The number of aliphatic hydroxyl groups excluding tert-OH is 1. The largest absolute Gasteiger partial charge is 0.417 e. The number of fused-ring (bicyclic) bond motifs is 1. The van der Waals surface area contributed by atoms with Gasteiger partial charge >= 0.3 is 11.9 Å². The summed E-state index contributed by atoms with van der Waals surface area (Å²) in [7, 11) is 1.36. The Hall–Kier alpha value is -2.38. The third-order valence-corrected chi connectivity index (χ3v) is 6.07. The summed E-state index contributed by atoms with van der Waals surface area (Å²) in [5, 5.41) is 8.71. The number of aliphatic hydroxyl groups is 1. The number of alkyl halides is 3. The Morgan fingerprint density at radius 1 is 1.21 bits per heavy atom. The first-order valence-electron chi connectivity index (χ1n) is 9.27. The van der Waals surface area contributed by atoms with Crippen LogP contribution in [0.15, 0.2) is 38.8 Å². The number of ether oxygens (including phenoxy) is 2. The van der Waals surface area contributed by atoms with E-state index in [1.165, 1.54) is 7.11 Å². The number of hydrogen-bond acceptors (Lipinski definition) is 6. The summed E-state index contributed by atoms with van der Waals surface area (Å²) in [6, 6.07) is 3.66. The fourth-order valence-corrected chi connectivity index (χ4v) is 4.49. The van der Waals surface area contributed by atoms with E-state index in [2.05, 4.69) is 4.98 Å². The van der Waals surface area contributed by atoms with Gasteiger partial charge in [0.25, 0.3) is 5.56 Å². The van der Waals surface area contributed by atoms with Crippen LogP contribution in [0.2, 0.25) is 5.02 Å². The molecule has 3 rings (SSSR count). The first-order valence-corrected chi connectivity index (χ1v) is 10.6. The molecule has 0 aliphatic heterocycles. The average Bonchev–Trinajstić information content (AvgIpc) is 2.74. The molecule has 1 aromatic heterocycles. The van der Waals surface area contributed by atoms with Crippen molar-refractivity contribution >= 4 is 34.3 Å². The summed E-state index contributed by atoms with van der Waals surface area (Å²) in [5.41, 5.74) is -3.77. The first-order chi connectivity index (χ1) is 15.6. The molecule has 3 N–H and O–H groups in total. The van der Waals surface area contributed by atoms with E-state index in [0.29, 0.717) is 6.07 Å². The Morgan fingerprint density at radius 3 is 2.55 bits per heavy atom. The molecule has 33 heavy (non-hydrogen) atoms. The molecule has 0 aliphatic carbocycles. The van der Waals surface area contributed by atoms with E-state index in [0.717, 1.165) is 30.0 Å². The zero-order valence-corrected chi connectivity index (χ0v) is 18.5. The van der Waals surface area contributed by atoms with Crippen molar-refractivity contribution < 1.29 is 32.1 Å². The number of aromatic nitrogens is 2. The maximum absolute atomic E-state index is 14.1. The second kappa shape index (κ2) is 10.3. The number of aromatic amines is 2. The smallest absolute Gasteiger partial charge is 0.394 e. The third-order valence-electron chi connectivity index (χ3n) is 4.54. The van der Waals surface area contributed by atoms with Gasteiger partial charge in [0.1, 0.15) is 12.6 Å². The van der Waals surface area contributed by atoms with Crippen LogP contribution in [0, 0.1) is 5.82 Å². The van der Waals surface area contributed by atoms with Gasteiger partial charge in [-0.2, -0.15) is 13.2 Å². The van der Waals surface area contributed by atoms with Crippen molar-refractivity contribution in [3.05, 3.63) is 61.5 Å². The molecule has 7 nitrogen and oxygen atoms in total. The minimum absolute atomic E-state index is 0.0625. The highest BCUT2D eigenvalue weighted by Crippen LogP contribution is 2.45. The SMILES string of the molecule is COCO[C@@H](CO)CSc1c(-c2ccc(F)c(Cl)c2)c(C(F)(F)F)cc2c(=O)[nH]c(=O)[nH]c12. The van der Waals surface area contributed by atoms with Gasteiger partial charge in [0.15, 0.2) is 0 Å². The number of halogens is 5. The minimum Gasteiger partial charge on any atom is -0.394 e. The molecule has 0 bridgehead atoms. The number of hydrogen-bond donors (Lipinski definition) is 3. The molecule has 1 heterocycles. The fourth-order valence-electron chi connectivity index (χ4n) is 3.08. The van der Waals surface area contributed by atoms with Gasteiger partial charge in [-0.3, -0.25) is 9.78 Å². The van der Waals surface area contributed by atoms with E-state index in [9.17, 15) is 32.3 Å². The molecular weight excluding hydrogens is 492 g/mol. The molecule has 178 valence electrons. The van der Waals surface area contributed by atoms with E-state index < -0.39 is 57.5 Å². The van der Waals surface area contributed by atoms with Crippen molar-refractivity contribution in [2.45, 2.75) is 17.2 Å². The molecule has 2 aromatic carbocycles. The lowest BCUT2D eigenvalue weighted by atomic mass is 9.97. The maximum atomic E-state index is 14.1. The van der Waals surface area contributed by atoms with Crippen LogP contribution >= 0.6 is 23.4 Å². The standard InChI is InChI=1S/C20H17ClF4N2O5S/c1-31-8-32-10(6-28)7-33-17-15(9-2-3-14(22)13(21)4-9)12(20(23,24)25)5-11-16(17)26-19(30)27-18(11)29/h2-5,10,28H,6-8H2,1H3,(H2,26,27,29,30)/t10-/m0/s1. The van der Waals surface area contributed by atoms with E-state index in [1.54, 1.807) is 0 Å². The third kappa shape index (κ3) is 5.58. The normalized spacial score (nSPS) is 12.9. The second-order valence-electron chi connectivity index (χ2n) is 6.77. The van der Waals surface area contributed by atoms with Gasteiger partial charge < -0.3 is 19.6 Å². The topological polar surface area (TPSA) is 104 Å². The number of nitrogens with one attached hydrogen (secondary N) is 2. The molecule has 1 atom stereocenters. The lowest BCUT2D eigenvalue weighted by Crippen LogP contribution is -2.24. The Kier molecular flexibility index (Phi) is 7.85. The quantitative estimate of drug-likeness (QED) is 0.243. The van der Waals surface area contributed by atoms with Gasteiger partial charge in [0.2, 0.25) is 0 Å². The van der Waals surface area contributed by atoms with Crippen molar-refractivity contribution in [1.29, 1.82) is 0 Å². The summed E-state index contributed by atoms with van der Waals surface area (Å²) in [6.07, 6.45) is -5.75. The summed E-state index contributed by atoms with van der Waals surface area (Å²) < 4.78 is 66.0. The number of methoxy groups -OCH3 is 1. The summed E-state index contributed by atoms with van der Waals surface area (Å²) in [6.45, 7) is -0.645. The maximum Gasteiger partial charge on any atom is 0.417 e. The zero-order chi connectivity index (χ0) is 24.3. The van der Waals surface area contributed by atoms with Crippen LogP contribution < -0.4 is 11.2 Å². The Bertz CT molecular complexity index is 1280. The van der Waals surface area contributed by atoms with E-state index in [-0.39, 0.29) is 28.5 Å². The molecule has 0 saturated heterocycles. The predicted molar refractivity (Wildman–Crippen MR) is 115 cm³/mol. The number of thioether (sulfide) groups is 1. The van der Waals surface area contributed by atoms with Crippen molar-refractivity contribution in [3.8, 4) is 11.1 Å². The monoisotopic (exact) mass is 508 g/mol. The van der Waals surface area contributed by atoms with Gasteiger partial charge in [-0.1, -0.05) is 17.7 Å². The molecule has 0 aliphatic rings. The molecule has 0 unspecified atom stereocenters. The van der Waals surface area contributed by atoms with Crippen LogP contribution in [-0.2, 0) is 15.7 Å². The van der Waals surface area contributed by atoms with Crippen LogP contribution in [0.25, 0.3) is 22.0 Å². The highest BCUT2D eigenvalue weighted by Gasteiger charge is 2.37. The lowest BCUT2D eigenvalue weighted by molar-refractivity contribution is -0.137. The second-order valence-corrected chi connectivity index (χ2v) is 8.21. The molecule has 0 fully saturated rings. The molecule has 0 amide bonds. The zero-order valence-electron chi connectivity index (χ0n) is 16.9.